The van der Waals surface area contributed by atoms with E-state index in [9.17, 15) is 0 Å². The lowest BCUT2D eigenvalue weighted by atomic mass is 9.90. The molecule has 0 aromatic rings. The van der Waals surface area contributed by atoms with Gasteiger partial charge in [-0.05, 0) is 38.3 Å². The van der Waals surface area contributed by atoms with Crippen LogP contribution >= 0.6 is 0 Å². The van der Waals surface area contributed by atoms with E-state index in [1.54, 1.807) is 0 Å². The van der Waals surface area contributed by atoms with Crippen molar-refractivity contribution in [1.29, 1.82) is 0 Å². The second kappa shape index (κ2) is 8.13. The van der Waals surface area contributed by atoms with Crippen LogP contribution in [0.5, 0.6) is 0 Å². The molecule has 1 nitrogen and oxygen atoms in total. The largest absolute Gasteiger partial charge is 0.316 e. The fourth-order valence-corrected chi connectivity index (χ4v) is 1.67. The summed E-state index contributed by atoms with van der Waals surface area (Å²) in [4.78, 5) is 0. The molecule has 2 unspecified atom stereocenters. The van der Waals surface area contributed by atoms with Crippen LogP contribution in [0.4, 0.5) is 0 Å². The first kappa shape index (κ1) is 12.5. The molecule has 0 aromatic carbocycles. The molecule has 13 heavy (non-hydrogen) atoms. The summed E-state index contributed by atoms with van der Waals surface area (Å²) in [5.74, 6) is 7.74. The van der Waals surface area contributed by atoms with Crippen molar-refractivity contribution < 1.29 is 0 Å². The van der Waals surface area contributed by atoms with Gasteiger partial charge in [-0.15, -0.1) is 11.8 Å². The molecule has 0 aliphatic carbocycles. The summed E-state index contributed by atoms with van der Waals surface area (Å²) >= 11 is 0. The van der Waals surface area contributed by atoms with Crippen molar-refractivity contribution in [2.24, 2.45) is 11.8 Å². The van der Waals surface area contributed by atoms with Crippen LogP contribution < -0.4 is 5.32 Å². The molecule has 0 radical (unpaired) electrons. The molecule has 0 amide bonds. The van der Waals surface area contributed by atoms with Crippen molar-refractivity contribution in [2.45, 2.75) is 40.5 Å². The smallest absolute Gasteiger partial charge is 0.0129 e. The number of rotatable bonds is 1. The fraction of sp³-hybridized carbons (Fsp3) is 0.833. The van der Waals surface area contributed by atoms with E-state index in [0.717, 1.165) is 18.3 Å². The maximum absolute atomic E-state index is 3.43. The molecular formula is C12H23N. The molecule has 2 atom stereocenters. The zero-order chi connectivity index (χ0) is 10.1. The Hall–Kier alpha value is -0.480. The third kappa shape index (κ3) is 5.71. The van der Waals surface area contributed by atoms with Crippen LogP contribution in [-0.4, -0.2) is 13.1 Å². The highest BCUT2D eigenvalue weighted by Crippen LogP contribution is 2.17. The molecule has 0 bridgehead atoms. The molecule has 1 saturated heterocycles. The SMILES string of the molecule is CC.CC#CCC1CNCC(C)C1. The molecule has 1 heteroatoms. The summed E-state index contributed by atoms with van der Waals surface area (Å²) in [6, 6.07) is 0. The highest BCUT2D eigenvalue weighted by Gasteiger charge is 2.16. The molecule has 1 fully saturated rings. The lowest BCUT2D eigenvalue weighted by molar-refractivity contribution is 0.307. The minimum atomic E-state index is 0.797. The molecule has 0 saturated carbocycles. The number of hydrogen-bond donors (Lipinski definition) is 1. The summed E-state index contributed by atoms with van der Waals surface area (Å²) in [5.41, 5.74) is 0. The van der Waals surface area contributed by atoms with Crippen LogP contribution in [0.25, 0.3) is 0 Å². The van der Waals surface area contributed by atoms with E-state index in [4.69, 9.17) is 0 Å². The summed E-state index contributed by atoms with van der Waals surface area (Å²) in [6.45, 7) is 10.6. The second-order valence-electron chi connectivity index (χ2n) is 3.50. The first-order valence-corrected chi connectivity index (χ1v) is 5.43. The monoisotopic (exact) mass is 181 g/mol. The quantitative estimate of drug-likeness (QED) is 0.613. The average Bonchev–Trinajstić information content (AvgIpc) is 2.18. The molecule has 1 heterocycles. The van der Waals surface area contributed by atoms with Crippen LogP contribution in [-0.2, 0) is 0 Å². The summed E-state index contributed by atoms with van der Waals surface area (Å²) < 4.78 is 0. The normalized spacial score (nSPS) is 26.5. The third-order valence-electron chi connectivity index (χ3n) is 2.23. The van der Waals surface area contributed by atoms with E-state index in [-0.39, 0.29) is 0 Å². The Morgan fingerprint density at radius 1 is 1.31 bits per heavy atom. The number of piperidine rings is 1. The van der Waals surface area contributed by atoms with Gasteiger partial charge < -0.3 is 5.32 Å². The molecule has 0 aromatic heterocycles. The minimum Gasteiger partial charge on any atom is -0.316 e. The minimum absolute atomic E-state index is 0.797. The maximum atomic E-state index is 3.43. The Morgan fingerprint density at radius 3 is 2.54 bits per heavy atom. The van der Waals surface area contributed by atoms with Gasteiger partial charge in [0.1, 0.15) is 0 Å². The molecule has 1 rings (SSSR count). The molecule has 76 valence electrons. The van der Waals surface area contributed by atoms with Gasteiger partial charge in [-0.1, -0.05) is 20.8 Å². The van der Waals surface area contributed by atoms with Gasteiger partial charge >= 0.3 is 0 Å². The van der Waals surface area contributed by atoms with Gasteiger partial charge in [0.25, 0.3) is 0 Å². The first-order valence-electron chi connectivity index (χ1n) is 5.43. The predicted molar refractivity (Wildman–Crippen MR) is 59.6 cm³/mol. The van der Waals surface area contributed by atoms with Crippen molar-refractivity contribution in [3.8, 4) is 11.8 Å². The van der Waals surface area contributed by atoms with E-state index in [1.807, 2.05) is 20.8 Å². The molecule has 1 aliphatic heterocycles. The van der Waals surface area contributed by atoms with E-state index >= 15 is 0 Å². The van der Waals surface area contributed by atoms with Crippen LogP contribution in [0.3, 0.4) is 0 Å². The van der Waals surface area contributed by atoms with E-state index in [2.05, 4.69) is 24.1 Å². The Kier molecular flexibility index (Phi) is 7.83. The molecule has 1 aliphatic rings. The van der Waals surface area contributed by atoms with E-state index in [1.165, 1.54) is 19.5 Å². The second-order valence-corrected chi connectivity index (χ2v) is 3.50. The molecular weight excluding hydrogens is 158 g/mol. The molecule has 1 N–H and O–H groups in total. The molecule has 0 spiro atoms. The Morgan fingerprint density at radius 2 is 2.00 bits per heavy atom. The van der Waals surface area contributed by atoms with Gasteiger partial charge in [-0.25, -0.2) is 0 Å². The summed E-state index contributed by atoms with van der Waals surface area (Å²) in [7, 11) is 0. The number of nitrogens with one attached hydrogen (secondary N) is 1. The first-order chi connectivity index (χ1) is 6.33. The lowest BCUT2D eigenvalue weighted by Crippen LogP contribution is -2.34. The van der Waals surface area contributed by atoms with Crippen LogP contribution in [0.2, 0.25) is 0 Å². The maximum Gasteiger partial charge on any atom is 0.0129 e. The standard InChI is InChI=1S/C10H17N.C2H6/c1-3-4-5-10-6-9(2)7-11-8-10;1-2/h9-11H,5-8H2,1-2H3;1-2H3. The van der Waals surface area contributed by atoms with Crippen molar-refractivity contribution in [3.05, 3.63) is 0 Å². The fourth-order valence-electron chi connectivity index (χ4n) is 1.67. The zero-order valence-electron chi connectivity index (χ0n) is 9.48. The predicted octanol–water partition coefficient (Wildman–Crippen LogP) is 2.67. The van der Waals surface area contributed by atoms with Gasteiger partial charge in [0.2, 0.25) is 0 Å². The van der Waals surface area contributed by atoms with E-state index in [0.29, 0.717) is 0 Å². The van der Waals surface area contributed by atoms with E-state index < -0.39 is 0 Å². The van der Waals surface area contributed by atoms with Crippen molar-refractivity contribution >= 4 is 0 Å². The topological polar surface area (TPSA) is 12.0 Å². The number of hydrogen-bond acceptors (Lipinski definition) is 1. The Balaban J connectivity index is 0.000000671. The summed E-state index contributed by atoms with van der Waals surface area (Å²) in [5, 5.41) is 3.43. The van der Waals surface area contributed by atoms with Gasteiger partial charge in [-0.3, -0.25) is 0 Å². The van der Waals surface area contributed by atoms with Crippen LogP contribution in [0.15, 0.2) is 0 Å². The van der Waals surface area contributed by atoms with Gasteiger partial charge in [0, 0.05) is 6.42 Å². The van der Waals surface area contributed by atoms with Crippen molar-refractivity contribution in [2.75, 3.05) is 13.1 Å². The van der Waals surface area contributed by atoms with Gasteiger partial charge in [0.15, 0.2) is 0 Å². The Bertz CT molecular complexity index is 164. The highest BCUT2D eigenvalue weighted by molar-refractivity contribution is 4.97. The van der Waals surface area contributed by atoms with Gasteiger partial charge in [0.05, 0.1) is 0 Å². The lowest BCUT2D eigenvalue weighted by Gasteiger charge is -2.26. The third-order valence-corrected chi connectivity index (χ3v) is 2.23. The highest BCUT2D eigenvalue weighted by atomic mass is 14.9. The van der Waals surface area contributed by atoms with Gasteiger partial charge in [-0.2, -0.15) is 0 Å². The average molecular weight is 181 g/mol. The summed E-state index contributed by atoms with van der Waals surface area (Å²) in [6.07, 6.45) is 2.43. The Labute approximate surface area is 83.3 Å². The van der Waals surface area contributed by atoms with Crippen molar-refractivity contribution in [3.63, 3.8) is 0 Å². The van der Waals surface area contributed by atoms with Crippen LogP contribution in [0, 0.1) is 23.7 Å². The van der Waals surface area contributed by atoms with Crippen LogP contribution in [0.1, 0.15) is 40.5 Å². The zero-order valence-corrected chi connectivity index (χ0v) is 9.48. The van der Waals surface area contributed by atoms with Crippen molar-refractivity contribution in [1.82, 2.24) is 5.32 Å².